The smallest absolute Gasteiger partial charge is 0.0922 e. The Morgan fingerprint density at radius 3 is 3.00 bits per heavy atom. The third-order valence-electron chi connectivity index (χ3n) is 1.44. The SMILES string of the molecule is CC(N)(CO)c1cnc[nH]1. The molecule has 0 spiro atoms. The van der Waals surface area contributed by atoms with E-state index in [1.807, 2.05) is 0 Å². The van der Waals surface area contributed by atoms with E-state index < -0.39 is 5.54 Å². The van der Waals surface area contributed by atoms with Crippen LogP contribution >= 0.6 is 0 Å². The van der Waals surface area contributed by atoms with Crippen LogP contribution in [0.3, 0.4) is 0 Å². The first-order chi connectivity index (χ1) is 4.67. The topological polar surface area (TPSA) is 74.9 Å². The fraction of sp³-hybridized carbons (Fsp3) is 0.500. The van der Waals surface area contributed by atoms with Gasteiger partial charge in [-0.3, -0.25) is 0 Å². The van der Waals surface area contributed by atoms with Gasteiger partial charge in [0, 0.05) is 6.20 Å². The minimum atomic E-state index is -0.698. The molecular weight excluding hydrogens is 130 g/mol. The second-order valence-corrected chi connectivity index (χ2v) is 2.54. The fourth-order valence-electron chi connectivity index (χ4n) is 0.653. The van der Waals surface area contributed by atoms with E-state index in [-0.39, 0.29) is 6.61 Å². The van der Waals surface area contributed by atoms with E-state index in [0.29, 0.717) is 0 Å². The molecule has 0 aliphatic carbocycles. The van der Waals surface area contributed by atoms with Crippen molar-refractivity contribution in [1.29, 1.82) is 0 Å². The van der Waals surface area contributed by atoms with Crippen LogP contribution in [0.25, 0.3) is 0 Å². The third-order valence-corrected chi connectivity index (χ3v) is 1.44. The highest BCUT2D eigenvalue weighted by atomic mass is 16.3. The number of nitrogens with two attached hydrogens (primary N) is 1. The molecule has 56 valence electrons. The van der Waals surface area contributed by atoms with Gasteiger partial charge in [-0.05, 0) is 6.92 Å². The number of rotatable bonds is 2. The molecule has 1 atom stereocenters. The van der Waals surface area contributed by atoms with Crippen LogP contribution in [0.5, 0.6) is 0 Å². The quantitative estimate of drug-likeness (QED) is 0.523. The molecule has 0 saturated carbocycles. The summed E-state index contributed by atoms with van der Waals surface area (Å²) in [7, 11) is 0. The number of nitrogens with one attached hydrogen (secondary N) is 1. The summed E-state index contributed by atoms with van der Waals surface area (Å²) in [5.41, 5.74) is 5.71. The maximum absolute atomic E-state index is 8.79. The van der Waals surface area contributed by atoms with Gasteiger partial charge in [0.05, 0.1) is 24.2 Å². The van der Waals surface area contributed by atoms with Gasteiger partial charge in [0.2, 0.25) is 0 Å². The summed E-state index contributed by atoms with van der Waals surface area (Å²) in [4.78, 5) is 6.62. The fourth-order valence-corrected chi connectivity index (χ4v) is 0.653. The van der Waals surface area contributed by atoms with E-state index in [1.165, 1.54) is 6.33 Å². The van der Waals surface area contributed by atoms with Crippen molar-refractivity contribution >= 4 is 0 Å². The molecule has 4 heteroatoms. The number of aliphatic hydroxyl groups excluding tert-OH is 1. The molecule has 0 aliphatic heterocycles. The molecule has 0 saturated heterocycles. The molecule has 0 bridgehead atoms. The molecule has 1 rings (SSSR count). The Morgan fingerprint density at radius 1 is 1.90 bits per heavy atom. The molecule has 10 heavy (non-hydrogen) atoms. The van der Waals surface area contributed by atoms with E-state index in [9.17, 15) is 0 Å². The van der Waals surface area contributed by atoms with Crippen molar-refractivity contribution in [3.63, 3.8) is 0 Å². The lowest BCUT2D eigenvalue weighted by Gasteiger charge is -2.18. The van der Waals surface area contributed by atoms with Crippen LogP contribution in [0.2, 0.25) is 0 Å². The van der Waals surface area contributed by atoms with Gasteiger partial charge in [0.1, 0.15) is 0 Å². The Balaban J connectivity index is 2.85. The maximum atomic E-state index is 8.79. The lowest BCUT2D eigenvalue weighted by atomic mass is 10.0. The third kappa shape index (κ3) is 1.17. The zero-order chi connectivity index (χ0) is 7.61. The van der Waals surface area contributed by atoms with Gasteiger partial charge >= 0.3 is 0 Å². The van der Waals surface area contributed by atoms with Crippen LogP contribution in [0.1, 0.15) is 12.6 Å². The highest BCUT2D eigenvalue weighted by Crippen LogP contribution is 2.11. The monoisotopic (exact) mass is 141 g/mol. The van der Waals surface area contributed by atoms with E-state index in [2.05, 4.69) is 9.97 Å². The standard InChI is InChI=1S/C6H11N3O/c1-6(7,3-10)5-2-8-4-9-5/h2,4,10H,3,7H2,1H3,(H,8,9). The minimum absolute atomic E-state index is 0.0881. The number of aliphatic hydroxyl groups is 1. The largest absolute Gasteiger partial charge is 0.394 e. The van der Waals surface area contributed by atoms with Crippen LogP contribution in [0.15, 0.2) is 12.5 Å². The number of hydrogen-bond donors (Lipinski definition) is 3. The van der Waals surface area contributed by atoms with E-state index in [1.54, 1.807) is 13.1 Å². The number of H-pyrrole nitrogens is 1. The summed E-state index contributed by atoms with van der Waals surface area (Å²) < 4.78 is 0. The van der Waals surface area contributed by atoms with Crippen LogP contribution < -0.4 is 5.73 Å². The van der Waals surface area contributed by atoms with Crippen molar-refractivity contribution in [3.8, 4) is 0 Å². The van der Waals surface area contributed by atoms with Crippen molar-refractivity contribution in [2.45, 2.75) is 12.5 Å². The first kappa shape index (κ1) is 7.24. The predicted octanol–water partition coefficient (Wildman–Crippen LogP) is -0.424. The minimum Gasteiger partial charge on any atom is -0.394 e. The molecule has 1 aromatic rings. The van der Waals surface area contributed by atoms with Crippen molar-refractivity contribution in [2.24, 2.45) is 5.73 Å². The molecule has 0 aliphatic rings. The number of imidazole rings is 1. The Kier molecular flexibility index (Phi) is 1.74. The predicted molar refractivity (Wildman–Crippen MR) is 37.2 cm³/mol. The van der Waals surface area contributed by atoms with Crippen molar-refractivity contribution in [1.82, 2.24) is 9.97 Å². The van der Waals surface area contributed by atoms with Crippen molar-refractivity contribution < 1.29 is 5.11 Å². The molecule has 1 aromatic heterocycles. The summed E-state index contributed by atoms with van der Waals surface area (Å²) in [5, 5.41) is 8.79. The molecule has 1 unspecified atom stereocenters. The number of nitrogens with zero attached hydrogens (tertiary/aromatic N) is 1. The van der Waals surface area contributed by atoms with Crippen LogP contribution in [-0.4, -0.2) is 21.7 Å². The average molecular weight is 141 g/mol. The summed E-state index contributed by atoms with van der Waals surface area (Å²) in [6.07, 6.45) is 3.15. The van der Waals surface area contributed by atoms with E-state index in [0.717, 1.165) is 5.69 Å². The highest BCUT2D eigenvalue weighted by molar-refractivity contribution is 5.08. The summed E-state index contributed by atoms with van der Waals surface area (Å²) in [6.45, 7) is 1.65. The maximum Gasteiger partial charge on any atom is 0.0922 e. The Hall–Kier alpha value is -0.870. The van der Waals surface area contributed by atoms with Crippen LogP contribution in [-0.2, 0) is 5.54 Å². The molecule has 0 fully saturated rings. The second-order valence-electron chi connectivity index (χ2n) is 2.54. The lowest BCUT2D eigenvalue weighted by Crippen LogP contribution is -2.37. The summed E-state index contributed by atoms with van der Waals surface area (Å²) in [5.74, 6) is 0. The zero-order valence-electron chi connectivity index (χ0n) is 5.83. The summed E-state index contributed by atoms with van der Waals surface area (Å²) >= 11 is 0. The summed E-state index contributed by atoms with van der Waals surface area (Å²) in [6, 6.07) is 0. The van der Waals surface area contributed by atoms with Gasteiger partial charge in [-0.15, -0.1) is 0 Å². The molecule has 1 heterocycles. The van der Waals surface area contributed by atoms with Crippen LogP contribution in [0.4, 0.5) is 0 Å². The molecule has 0 aromatic carbocycles. The van der Waals surface area contributed by atoms with Gasteiger partial charge in [-0.25, -0.2) is 4.98 Å². The molecule has 0 radical (unpaired) electrons. The van der Waals surface area contributed by atoms with Gasteiger partial charge in [-0.1, -0.05) is 0 Å². The van der Waals surface area contributed by atoms with Gasteiger partial charge < -0.3 is 15.8 Å². The van der Waals surface area contributed by atoms with Crippen molar-refractivity contribution in [3.05, 3.63) is 18.2 Å². The first-order valence-corrected chi connectivity index (χ1v) is 3.05. The average Bonchev–Trinajstić information content (AvgIpc) is 2.38. The Labute approximate surface area is 59.1 Å². The second kappa shape index (κ2) is 2.40. The van der Waals surface area contributed by atoms with Gasteiger partial charge in [-0.2, -0.15) is 0 Å². The van der Waals surface area contributed by atoms with E-state index in [4.69, 9.17) is 10.8 Å². The number of aromatic nitrogens is 2. The van der Waals surface area contributed by atoms with Gasteiger partial charge in [0.15, 0.2) is 0 Å². The highest BCUT2D eigenvalue weighted by Gasteiger charge is 2.20. The molecule has 4 nitrogen and oxygen atoms in total. The zero-order valence-corrected chi connectivity index (χ0v) is 5.83. The normalized spacial score (nSPS) is 16.7. The lowest BCUT2D eigenvalue weighted by molar-refractivity contribution is 0.207. The van der Waals surface area contributed by atoms with Crippen LogP contribution in [0, 0.1) is 0 Å². The van der Waals surface area contributed by atoms with Gasteiger partial charge in [0.25, 0.3) is 0 Å². The Bertz CT molecular complexity index is 193. The molecular formula is C6H11N3O. The first-order valence-electron chi connectivity index (χ1n) is 3.05. The van der Waals surface area contributed by atoms with E-state index >= 15 is 0 Å². The number of aromatic amines is 1. The molecule has 0 amide bonds. The van der Waals surface area contributed by atoms with Crippen molar-refractivity contribution in [2.75, 3.05) is 6.61 Å². The Morgan fingerprint density at radius 2 is 2.60 bits per heavy atom. The molecule has 4 N–H and O–H groups in total. The number of hydrogen-bond acceptors (Lipinski definition) is 3.